The Hall–Kier alpha value is -1.86. The number of nitrogens with zero attached hydrogens (tertiary/aromatic N) is 2. The molecule has 0 aliphatic carbocycles. The Morgan fingerprint density at radius 2 is 2.21 bits per heavy atom. The number of hydroxylamine groups is 2. The van der Waals surface area contributed by atoms with Crippen LogP contribution in [0.2, 0.25) is 0 Å². The van der Waals surface area contributed by atoms with Gasteiger partial charge in [-0.05, 0) is 17.7 Å². The van der Waals surface area contributed by atoms with Gasteiger partial charge in [-0.15, -0.1) is 0 Å². The molecule has 4 nitrogen and oxygen atoms in total. The molecule has 1 aromatic rings. The molecule has 100 valence electrons. The Kier molecular flexibility index (Phi) is 3.59. The van der Waals surface area contributed by atoms with Gasteiger partial charge in [0.15, 0.2) is 0 Å². The second kappa shape index (κ2) is 5.02. The van der Waals surface area contributed by atoms with E-state index in [1.807, 2.05) is 39.0 Å². The summed E-state index contributed by atoms with van der Waals surface area (Å²) in [7, 11) is 0. The van der Waals surface area contributed by atoms with Gasteiger partial charge in [-0.25, -0.2) is 5.06 Å². The molecule has 0 N–H and O–H groups in total. The molecule has 4 heteroatoms. The normalized spacial score (nSPS) is 19.3. The van der Waals surface area contributed by atoms with E-state index in [-0.39, 0.29) is 11.9 Å². The first kappa shape index (κ1) is 13.6. The Labute approximate surface area is 113 Å². The minimum Gasteiger partial charge on any atom is -0.272 e. The Morgan fingerprint density at radius 1 is 1.47 bits per heavy atom. The zero-order valence-electron chi connectivity index (χ0n) is 11.5. The molecular weight excluding hydrogens is 240 g/mol. The minimum atomic E-state index is -0.477. The molecule has 0 bridgehead atoms. The molecule has 0 unspecified atom stereocenters. The van der Waals surface area contributed by atoms with Gasteiger partial charge in [-0.1, -0.05) is 32.9 Å². The van der Waals surface area contributed by atoms with Crippen molar-refractivity contribution in [2.45, 2.75) is 33.2 Å². The van der Waals surface area contributed by atoms with Crippen molar-refractivity contribution in [3.05, 3.63) is 35.4 Å². The average molecular weight is 258 g/mol. The standard InChI is InChI=1S/C15H18N2O2/c1-15(2,3)14(18)17-13(7-8-19-17)12-6-4-5-11(9-12)10-16/h4-6,9,13H,7-8H2,1-3H3/t13-/m0/s1. The van der Waals surface area contributed by atoms with Crippen LogP contribution >= 0.6 is 0 Å². The lowest BCUT2D eigenvalue weighted by Crippen LogP contribution is -2.38. The van der Waals surface area contributed by atoms with E-state index in [1.165, 1.54) is 5.06 Å². The second-order valence-corrected chi connectivity index (χ2v) is 5.76. The number of hydrogen-bond donors (Lipinski definition) is 0. The van der Waals surface area contributed by atoms with Crippen molar-refractivity contribution in [1.29, 1.82) is 5.26 Å². The lowest BCUT2D eigenvalue weighted by atomic mass is 9.93. The van der Waals surface area contributed by atoms with Gasteiger partial charge in [0.25, 0.3) is 5.91 Å². The molecule has 1 aliphatic rings. The van der Waals surface area contributed by atoms with Crippen LogP contribution in [0.25, 0.3) is 0 Å². The SMILES string of the molecule is CC(C)(C)C(=O)N1OCC[C@H]1c1cccc(C#N)c1. The number of rotatable bonds is 1. The van der Waals surface area contributed by atoms with Gasteiger partial charge in [-0.2, -0.15) is 5.26 Å². The predicted octanol–water partition coefficient (Wildman–Crippen LogP) is 2.81. The maximum Gasteiger partial charge on any atom is 0.252 e. The van der Waals surface area contributed by atoms with Gasteiger partial charge in [-0.3, -0.25) is 9.63 Å². The highest BCUT2D eigenvalue weighted by molar-refractivity contribution is 5.81. The first-order chi connectivity index (χ1) is 8.93. The summed E-state index contributed by atoms with van der Waals surface area (Å²) >= 11 is 0. The molecule has 1 atom stereocenters. The minimum absolute atomic E-state index is 0.0302. The molecule has 1 amide bonds. The largest absolute Gasteiger partial charge is 0.272 e. The van der Waals surface area contributed by atoms with Crippen molar-refractivity contribution >= 4 is 5.91 Å². The van der Waals surface area contributed by atoms with Crippen molar-refractivity contribution in [3.8, 4) is 6.07 Å². The van der Waals surface area contributed by atoms with Crippen molar-refractivity contribution in [3.63, 3.8) is 0 Å². The van der Waals surface area contributed by atoms with E-state index in [9.17, 15) is 4.79 Å². The summed E-state index contributed by atoms with van der Waals surface area (Å²) in [5.74, 6) is -0.0302. The molecule has 0 radical (unpaired) electrons. The first-order valence-electron chi connectivity index (χ1n) is 6.40. The number of hydrogen-bond acceptors (Lipinski definition) is 3. The van der Waals surface area contributed by atoms with E-state index in [1.54, 1.807) is 6.07 Å². The third-order valence-electron chi connectivity index (χ3n) is 3.15. The lowest BCUT2D eigenvalue weighted by molar-refractivity contribution is -0.186. The molecule has 0 saturated carbocycles. The number of carbonyl (C=O) groups excluding carboxylic acids is 1. The number of amides is 1. The molecular formula is C15H18N2O2. The summed E-state index contributed by atoms with van der Waals surface area (Å²) in [4.78, 5) is 17.8. The maximum absolute atomic E-state index is 12.3. The molecule has 0 aromatic heterocycles. The van der Waals surface area contributed by atoms with Gasteiger partial charge in [0.05, 0.1) is 24.3 Å². The van der Waals surface area contributed by atoms with Crippen molar-refractivity contribution < 1.29 is 9.63 Å². The van der Waals surface area contributed by atoms with Crippen LogP contribution in [0.15, 0.2) is 24.3 Å². The van der Waals surface area contributed by atoms with Gasteiger partial charge >= 0.3 is 0 Å². The highest BCUT2D eigenvalue weighted by Gasteiger charge is 2.37. The van der Waals surface area contributed by atoms with Crippen LogP contribution in [-0.2, 0) is 9.63 Å². The lowest BCUT2D eigenvalue weighted by Gasteiger charge is -2.29. The molecule has 2 rings (SSSR count). The molecule has 1 saturated heterocycles. The van der Waals surface area contributed by atoms with Gasteiger partial charge in [0, 0.05) is 11.8 Å². The molecule has 1 fully saturated rings. The van der Waals surface area contributed by atoms with Crippen LogP contribution in [0, 0.1) is 16.7 Å². The van der Waals surface area contributed by atoms with Crippen molar-refractivity contribution in [2.24, 2.45) is 5.41 Å². The van der Waals surface area contributed by atoms with Crippen molar-refractivity contribution in [1.82, 2.24) is 5.06 Å². The second-order valence-electron chi connectivity index (χ2n) is 5.76. The van der Waals surface area contributed by atoms with E-state index < -0.39 is 5.41 Å². The summed E-state index contributed by atoms with van der Waals surface area (Å²) in [5, 5.41) is 10.4. The summed E-state index contributed by atoms with van der Waals surface area (Å²) in [5.41, 5.74) is 1.08. The summed E-state index contributed by atoms with van der Waals surface area (Å²) in [6, 6.07) is 9.38. The maximum atomic E-state index is 12.3. The van der Waals surface area contributed by atoms with Crippen LogP contribution < -0.4 is 0 Å². The third kappa shape index (κ3) is 2.77. The molecule has 0 spiro atoms. The Bertz CT molecular complexity index is 526. The molecule has 19 heavy (non-hydrogen) atoms. The van der Waals surface area contributed by atoms with E-state index in [4.69, 9.17) is 10.1 Å². The van der Waals surface area contributed by atoms with E-state index in [0.29, 0.717) is 12.2 Å². The van der Waals surface area contributed by atoms with Crippen LogP contribution in [0.5, 0.6) is 0 Å². The fourth-order valence-electron chi connectivity index (χ4n) is 2.12. The number of benzene rings is 1. The van der Waals surface area contributed by atoms with Gasteiger partial charge in [0.2, 0.25) is 0 Å². The fourth-order valence-corrected chi connectivity index (χ4v) is 2.12. The smallest absolute Gasteiger partial charge is 0.252 e. The van der Waals surface area contributed by atoms with Gasteiger partial charge < -0.3 is 0 Å². The zero-order chi connectivity index (χ0) is 14.0. The van der Waals surface area contributed by atoms with Crippen LogP contribution in [0.3, 0.4) is 0 Å². The Morgan fingerprint density at radius 3 is 2.84 bits per heavy atom. The topological polar surface area (TPSA) is 53.3 Å². The molecule has 1 heterocycles. The Balaban J connectivity index is 2.28. The predicted molar refractivity (Wildman–Crippen MR) is 70.8 cm³/mol. The zero-order valence-corrected chi connectivity index (χ0v) is 11.5. The first-order valence-corrected chi connectivity index (χ1v) is 6.40. The quantitative estimate of drug-likeness (QED) is 0.778. The van der Waals surface area contributed by atoms with Crippen LogP contribution in [0.4, 0.5) is 0 Å². The highest BCUT2D eigenvalue weighted by atomic mass is 16.7. The van der Waals surface area contributed by atoms with E-state index in [2.05, 4.69) is 6.07 Å². The van der Waals surface area contributed by atoms with Crippen molar-refractivity contribution in [2.75, 3.05) is 6.61 Å². The summed E-state index contributed by atoms with van der Waals surface area (Å²) < 4.78 is 0. The molecule has 1 aliphatic heterocycles. The number of nitriles is 1. The van der Waals surface area contributed by atoms with Gasteiger partial charge in [0.1, 0.15) is 0 Å². The van der Waals surface area contributed by atoms with Crippen LogP contribution in [-0.4, -0.2) is 17.6 Å². The monoisotopic (exact) mass is 258 g/mol. The van der Waals surface area contributed by atoms with E-state index >= 15 is 0 Å². The van der Waals surface area contributed by atoms with E-state index in [0.717, 1.165) is 12.0 Å². The number of carbonyl (C=O) groups is 1. The summed E-state index contributed by atoms with van der Waals surface area (Å²) in [6.07, 6.45) is 0.761. The third-order valence-corrected chi connectivity index (χ3v) is 3.15. The fraction of sp³-hybridized carbons (Fsp3) is 0.467. The van der Waals surface area contributed by atoms with Crippen LogP contribution in [0.1, 0.15) is 44.4 Å². The summed E-state index contributed by atoms with van der Waals surface area (Å²) in [6.45, 7) is 6.16. The molecule has 1 aromatic carbocycles. The average Bonchev–Trinajstić information content (AvgIpc) is 2.85. The highest BCUT2D eigenvalue weighted by Crippen LogP contribution is 2.34.